The summed E-state index contributed by atoms with van der Waals surface area (Å²) in [5.41, 5.74) is 1.91. The Labute approximate surface area is 114 Å². The number of H-pyrrole nitrogens is 1. The van der Waals surface area contributed by atoms with Crippen LogP contribution < -0.4 is 10.9 Å². The molecular weight excluding hydrogens is 266 g/mol. The zero-order valence-corrected chi connectivity index (χ0v) is 10.9. The van der Waals surface area contributed by atoms with Crippen molar-refractivity contribution in [1.29, 1.82) is 0 Å². The molecule has 6 heteroatoms. The van der Waals surface area contributed by atoms with Crippen LogP contribution in [0.1, 0.15) is 6.92 Å². The van der Waals surface area contributed by atoms with E-state index in [4.69, 9.17) is 11.6 Å². The Morgan fingerprint density at radius 1 is 1.26 bits per heavy atom. The third-order valence-corrected chi connectivity index (χ3v) is 2.69. The molecule has 19 heavy (non-hydrogen) atoms. The Bertz CT molecular complexity index is 615. The lowest BCUT2D eigenvalue weighted by Crippen LogP contribution is -2.20. The van der Waals surface area contributed by atoms with E-state index in [0.717, 1.165) is 5.56 Å². The van der Waals surface area contributed by atoms with Crippen molar-refractivity contribution in [2.45, 2.75) is 12.3 Å². The van der Waals surface area contributed by atoms with Gasteiger partial charge in [0, 0.05) is 17.3 Å². The maximum absolute atomic E-state index is 11.4. The van der Waals surface area contributed by atoms with Crippen molar-refractivity contribution < 1.29 is 4.79 Å². The van der Waals surface area contributed by atoms with Crippen LogP contribution in [0, 0.1) is 0 Å². The molecule has 2 N–H and O–H groups in total. The largest absolute Gasteiger partial charge is 0.325 e. The summed E-state index contributed by atoms with van der Waals surface area (Å²) in [6.45, 7) is 1.61. The number of nitrogens with zero attached hydrogens (tertiary/aromatic N) is 1. The number of benzene rings is 1. The van der Waals surface area contributed by atoms with Crippen LogP contribution in [-0.2, 0) is 4.79 Å². The van der Waals surface area contributed by atoms with E-state index in [1.807, 2.05) is 0 Å². The second-order valence-corrected chi connectivity index (χ2v) is 4.64. The molecule has 1 atom stereocenters. The van der Waals surface area contributed by atoms with Crippen LogP contribution >= 0.6 is 11.6 Å². The molecule has 0 aliphatic rings. The number of carbonyl (C=O) groups is 1. The maximum Gasteiger partial charge on any atom is 0.264 e. The number of alkyl halides is 1. The van der Waals surface area contributed by atoms with E-state index in [1.165, 1.54) is 6.07 Å². The van der Waals surface area contributed by atoms with Crippen molar-refractivity contribution in [3.8, 4) is 11.3 Å². The molecule has 1 aromatic carbocycles. The normalized spacial score (nSPS) is 11.9. The zero-order chi connectivity index (χ0) is 13.8. The standard InChI is InChI=1S/C13H12ClN3O2/c1-8(14)13(19)15-10-4-2-9(3-5-10)11-6-7-12(18)17-16-11/h2-8H,1H3,(H,15,19)(H,17,18). The molecule has 0 saturated heterocycles. The predicted octanol–water partition coefficient (Wildman–Crippen LogP) is 2.00. The van der Waals surface area contributed by atoms with E-state index >= 15 is 0 Å². The minimum absolute atomic E-state index is 0.247. The summed E-state index contributed by atoms with van der Waals surface area (Å²) in [4.78, 5) is 22.3. The highest BCUT2D eigenvalue weighted by atomic mass is 35.5. The third-order valence-electron chi connectivity index (χ3n) is 2.49. The summed E-state index contributed by atoms with van der Waals surface area (Å²) in [7, 11) is 0. The number of rotatable bonds is 3. The summed E-state index contributed by atoms with van der Waals surface area (Å²) < 4.78 is 0. The highest BCUT2D eigenvalue weighted by Gasteiger charge is 2.09. The van der Waals surface area contributed by atoms with E-state index in [2.05, 4.69) is 15.5 Å². The van der Waals surface area contributed by atoms with Crippen LogP contribution in [0.3, 0.4) is 0 Å². The molecule has 1 unspecified atom stereocenters. The van der Waals surface area contributed by atoms with Gasteiger partial charge in [-0.3, -0.25) is 9.59 Å². The van der Waals surface area contributed by atoms with Gasteiger partial charge in [0.2, 0.25) is 5.91 Å². The second kappa shape index (κ2) is 5.67. The van der Waals surface area contributed by atoms with Crippen molar-refractivity contribution in [2.24, 2.45) is 0 Å². The molecule has 2 rings (SSSR count). The molecule has 0 radical (unpaired) electrons. The molecule has 1 heterocycles. The first kappa shape index (κ1) is 13.3. The fourth-order valence-corrected chi connectivity index (χ4v) is 1.53. The van der Waals surface area contributed by atoms with E-state index in [-0.39, 0.29) is 11.5 Å². The number of carbonyl (C=O) groups excluding carboxylic acids is 1. The Morgan fingerprint density at radius 3 is 2.47 bits per heavy atom. The van der Waals surface area contributed by atoms with Crippen molar-refractivity contribution in [3.05, 3.63) is 46.8 Å². The average molecular weight is 278 g/mol. The van der Waals surface area contributed by atoms with Crippen molar-refractivity contribution in [3.63, 3.8) is 0 Å². The van der Waals surface area contributed by atoms with Gasteiger partial charge < -0.3 is 5.32 Å². The number of aromatic amines is 1. The number of aromatic nitrogens is 2. The van der Waals surface area contributed by atoms with Crippen LogP contribution in [0.4, 0.5) is 5.69 Å². The lowest BCUT2D eigenvalue weighted by molar-refractivity contribution is -0.115. The van der Waals surface area contributed by atoms with Crippen molar-refractivity contribution in [1.82, 2.24) is 10.2 Å². The van der Waals surface area contributed by atoms with Gasteiger partial charge in [-0.2, -0.15) is 5.10 Å². The zero-order valence-electron chi connectivity index (χ0n) is 10.2. The van der Waals surface area contributed by atoms with Gasteiger partial charge in [-0.25, -0.2) is 5.10 Å². The lowest BCUT2D eigenvalue weighted by Gasteiger charge is -2.07. The van der Waals surface area contributed by atoms with Crippen LogP contribution in [0.15, 0.2) is 41.2 Å². The summed E-state index contributed by atoms with van der Waals surface area (Å²) >= 11 is 5.66. The lowest BCUT2D eigenvalue weighted by atomic mass is 10.1. The number of nitrogens with one attached hydrogen (secondary N) is 2. The quantitative estimate of drug-likeness (QED) is 0.843. The monoisotopic (exact) mass is 277 g/mol. The van der Waals surface area contributed by atoms with E-state index in [0.29, 0.717) is 11.4 Å². The summed E-state index contributed by atoms with van der Waals surface area (Å²) in [5.74, 6) is -0.253. The Hall–Kier alpha value is -2.14. The molecule has 1 amide bonds. The Kier molecular flexibility index (Phi) is 3.97. The van der Waals surface area contributed by atoms with Gasteiger partial charge in [-0.05, 0) is 25.1 Å². The van der Waals surface area contributed by atoms with Crippen LogP contribution in [0.5, 0.6) is 0 Å². The predicted molar refractivity (Wildman–Crippen MR) is 74.2 cm³/mol. The highest BCUT2D eigenvalue weighted by molar-refractivity contribution is 6.32. The fourth-order valence-electron chi connectivity index (χ4n) is 1.47. The molecule has 0 fully saturated rings. The van der Waals surface area contributed by atoms with E-state index in [1.54, 1.807) is 37.3 Å². The van der Waals surface area contributed by atoms with Gasteiger partial charge in [0.1, 0.15) is 5.38 Å². The Morgan fingerprint density at radius 2 is 1.95 bits per heavy atom. The molecule has 1 aromatic heterocycles. The number of amides is 1. The van der Waals surface area contributed by atoms with Crippen LogP contribution in [-0.4, -0.2) is 21.5 Å². The molecule has 0 bridgehead atoms. The number of anilines is 1. The summed E-state index contributed by atoms with van der Waals surface area (Å²) in [6, 6.07) is 10.1. The summed E-state index contributed by atoms with van der Waals surface area (Å²) in [5, 5.41) is 8.39. The third kappa shape index (κ3) is 3.42. The number of hydrogen-bond acceptors (Lipinski definition) is 3. The van der Waals surface area contributed by atoms with Gasteiger partial charge in [-0.15, -0.1) is 11.6 Å². The minimum atomic E-state index is -0.583. The first-order valence-corrected chi connectivity index (χ1v) is 6.11. The fraction of sp³-hybridized carbons (Fsp3) is 0.154. The maximum atomic E-state index is 11.4. The van der Waals surface area contributed by atoms with E-state index in [9.17, 15) is 9.59 Å². The van der Waals surface area contributed by atoms with Gasteiger partial charge in [0.15, 0.2) is 0 Å². The van der Waals surface area contributed by atoms with Crippen LogP contribution in [0.2, 0.25) is 0 Å². The molecule has 0 aliphatic carbocycles. The number of hydrogen-bond donors (Lipinski definition) is 2. The van der Waals surface area contributed by atoms with Gasteiger partial charge in [0.25, 0.3) is 5.56 Å². The Balaban J connectivity index is 2.16. The molecule has 0 aliphatic heterocycles. The highest BCUT2D eigenvalue weighted by Crippen LogP contribution is 2.18. The van der Waals surface area contributed by atoms with Gasteiger partial charge in [0.05, 0.1) is 5.69 Å². The SMILES string of the molecule is CC(Cl)C(=O)Nc1ccc(-c2ccc(=O)[nH]n2)cc1. The smallest absolute Gasteiger partial charge is 0.264 e. The molecule has 0 saturated carbocycles. The molecule has 98 valence electrons. The van der Waals surface area contributed by atoms with Crippen molar-refractivity contribution in [2.75, 3.05) is 5.32 Å². The molecule has 0 spiro atoms. The van der Waals surface area contributed by atoms with E-state index < -0.39 is 5.38 Å². The first-order chi connectivity index (χ1) is 9.06. The first-order valence-electron chi connectivity index (χ1n) is 5.67. The summed E-state index contributed by atoms with van der Waals surface area (Å²) in [6.07, 6.45) is 0. The topological polar surface area (TPSA) is 74.8 Å². The van der Waals surface area contributed by atoms with Gasteiger partial charge >= 0.3 is 0 Å². The number of halogens is 1. The minimum Gasteiger partial charge on any atom is -0.325 e. The molecule has 5 nitrogen and oxygen atoms in total. The van der Waals surface area contributed by atoms with Crippen LogP contribution in [0.25, 0.3) is 11.3 Å². The van der Waals surface area contributed by atoms with Gasteiger partial charge in [-0.1, -0.05) is 12.1 Å². The average Bonchev–Trinajstić information content (AvgIpc) is 2.40. The molecular formula is C13H12ClN3O2. The second-order valence-electron chi connectivity index (χ2n) is 3.99. The van der Waals surface area contributed by atoms with Crippen molar-refractivity contribution >= 4 is 23.2 Å². The molecule has 2 aromatic rings.